The molecule has 112 valence electrons. The zero-order chi connectivity index (χ0) is 14.8. The molecule has 0 bridgehead atoms. The number of benzene rings is 1. The van der Waals surface area contributed by atoms with E-state index >= 15 is 0 Å². The minimum atomic E-state index is 0.271. The SMILES string of the molecule is c1ccc(C(CC2CCC2)Nc2ccc3nnnn3n2)cc1. The monoisotopic (exact) mass is 294 g/mol. The summed E-state index contributed by atoms with van der Waals surface area (Å²) in [6, 6.07) is 14.6. The molecular formula is C16H18N6. The second-order valence-corrected chi connectivity index (χ2v) is 5.89. The predicted molar refractivity (Wildman–Crippen MR) is 83.3 cm³/mol. The largest absolute Gasteiger partial charge is 0.362 e. The summed E-state index contributed by atoms with van der Waals surface area (Å²) in [5.74, 6) is 1.61. The summed E-state index contributed by atoms with van der Waals surface area (Å²) in [4.78, 5) is 0. The molecule has 4 rings (SSSR count). The summed E-state index contributed by atoms with van der Waals surface area (Å²) in [5, 5.41) is 19.3. The normalized spacial score (nSPS) is 16.4. The Hall–Kier alpha value is -2.50. The lowest BCUT2D eigenvalue weighted by Crippen LogP contribution is -2.20. The van der Waals surface area contributed by atoms with Crippen molar-refractivity contribution in [3.63, 3.8) is 0 Å². The van der Waals surface area contributed by atoms with E-state index in [4.69, 9.17) is 0 Å². The molecule has 2 heterocycles. The van der Waals surface area contributed by atoms with Crippen molar-refractivity contribution in [2.45, 2.75) is 31.7 Å². The van der Waals surface area contributed by atoms with Gasteiger partial charge in [0.2, 0.25) is 0 Å². The van der Waals surface area contributed by atoms with Crippen molar-refractivity contribution in [3.05, 3.63) is 48.0 Å². The second-order valence-electron chi connectivity index (χ2n) is 5.89. The fraction of sp³-hybridized carbons (Fsp3) is 0.375. The summed E-state index contributed by atoms with van der Waals surface area (Å²) in [5.41, 5.74) is 1.95. The van der Waals surface area contributed by atoms with Crippen molar-refractivity contribution in [1.82, 2.24) is 25.3 Å². The van der Waals surface area contributed by atoms with Gasteiger partial charge >= 0.3 is 0 Å². The number of hydrogen-bond donors (Lipinski definition) is 1. The molecule has 22 heavy (non-hydrogen) atoms. The number of aromatic nitrogens is 5. The molecule has 1 aliphatic rings. The molecule has 3 aromatic rings. The first-order chi connectivity index (χ1) is 10.9. The predicted octanol–water partition coefficient (Wildman–Crippen LogP) is 2.86. The minimum Gasteiger partial charge on any atom is -0.362 e. The van der Waals surface area contributed by atoms with Gasteiger partial charge in [0.15, 0.2) is 5.65 Å². The molecule has 1 aliphatic carbocycles. The number of rotatable bonds is 5. The lowest BCUT2D eigenvalue weighted by molar-refractivity contribution is 0.282. The topological polar surface area (TPSA) is 68.0 Å². The molecule has 1 unspecified atom stereocenters. The van der Waals surface area contributed by atoms with Crippen LogP contribution in [0.1, 0.15) is 37.3 Å². The van der Waals surface area contributed by atoms with E-state index in [1.54, 1.807) is 0 Å². The van der Waals surface area contributed by atoms with Crippen LogP contribution in [0.4, 0.5) is 5.82 Å². The van der Waals surface area contributed by atoms with Gasteiger partial charge in [-0.05, 0) is 40.5 Å². The lowest BCUT2D eigenvalue weighted by atomic mass is 9.79. The van der Waals surface area contributed by atoms with Gasteiger partial charge in [-0.3, -0.25) is 0 Å². The Labute approximate surface area is 128 Å². The number of nitrogens with zero attached hydrogens (tertiary/aromatic N) is 5. The van der Waals surface area contributed by atoms with E-state index in [9.17, 15) is 0 Å². The number of hydrogen-bond acceptors (Lipinski definition) is 5. The maximum absolute atomic E-state index is 4.42. The van der Waals surface area contributed by atoms with Gasteiger partial charge in [-0.2, -0.15) is 0 Å². The van der Waals surface area contributed by atoms with Crippen molar-refractivity contribution >= 4 is 11.5 Å². The molecule has 0 aliphatic heterocycles. The number of anilines is 1. The van der Waals surface area contributed by atoms with E-state index in [2.05, 4.69) is 56.3 Å². The molecule has 0 saturated heterocycles. The highest BCUT2D eigenvalue weighted by atomic mass is 15.6. The summed E-state index contributed by atoms with van der Waals surface area (Å²) < 4.78 is 1.45. The first kappa shape index (κ1) is 13.2. The van der Waals surface area contributed by atoms with E-state index < -0.39 is 0 Å². The van der Waals surface area contributed by atoms with Gasteiger partial charge in [-0.1, -0.05) is 49.6 Å². The molecule has 2 aromatic heterocycles. The molecule has 0 radical (unpaired) electrons. The first-order valence-electron chi connectivity index (χ1n) is 7.75. The van der Waals surface area contributed by atoms with Gasteiger partial charge in [0.1, 0.15) is 5.82 Å². The van der Waals surface area contributed by atoms with Crippen LogP contribution in [0.3, 0.4) is 0 Å². The van der Waals surface area contributed by atoms with Gasteiger partial charge in [0.25, 0.3) is 0 Å². The van der Waals surface area contributed by atoms with E-state index in [0.29, 0.717) is 5.65 Å². The van der Waals surface area contributed by atoms with Crippen molar-refractivity contribution in [3.8, 4) is 0 Å². The van der Waals surface area contributed by atoms with Gasteiger partial charge < -0.3 is 5.32 Å². The zero-order valence-electron chi connectivity index (χ0n) is 12.3. The Morgan fingerprint density at radius 2 is 2.00 bits per heavy atom. The minimum absolute atomic E-state index is 0.271. The summed E-state index contributed by atoms with van der Waals surface area (Å²) in [6.07, 6.45) is 5.18. The van der Waals surface area contributed by atoms with Gasteiger partial charge in [0.05, 0.1) is 6.04 Å². The molecule has 1 atom stereocenters. The molecule has 1 saturated carbocycles. The smallest absolute Gasteiger partial charge is 0.200 e. The molecule has 0 spiro atoms. The van der Waals surface area contributed by atoms with Crippen LogP contribution in [0, 0.1) is 5.92 Å². The van der Waals surface area contributed by atoms with Crippen LogP contribution in [0.2, 0.25) is 0 Å². The number of tetrazole rings is 1. The molecular weight excluding hydrogens is 276 g/mol. The molecule has 6 heteroatoms. The highest BCUT2D eigenvalue weighted by Crippen LogP contribution is 2.36. The highest BCUT2D eigenvalue weighted by Gasteiger charge is 2.23. The fourth-order valence-corrected chi connectivity index (χ4v) is 2.93. The molecule has 1 fully saturated rings. The van der Waals surface area contributed by atoms with Crippen LogP contribution < -0.4 is 5.32 Å². The van der Waals surface area contributed by atoms with Crippen molar-refractivity contribution in [1.29, 1.82) is 0 Å². The van der Waals surface area contributed by atoms with Crippen LogP contribution in [-0.2, 0) is 0 Å². The van der Waals surface area contributed by atoms with Crippen LogP contribution in [0.25, 0.3) is 5.65 Å². The van der Waals surface area contributed by atoms with E-state index in [1.807, 2.05) is 12.1 Å². The van der Waals surface area contributed by atoms with Crippen LogP contribution >= 0.6 is 0 Å². The van der Waals surface area contributed by atoms with Crippen LogP contribution in [0.5, 0.6) is 0 Å². The van der Waals surface area contributed by atoms with E-state index in [0.717, 1.165) is 18.2 Å². The maximum atomic E-state index is 4.42. The Kier molecular flexibility index (Phi) is 3.42. The van der Waals surface area contributed by atoms with Crippen molar-refractivity contribution in [2.75, 3.05) is 5.32 Å². The Morgan fingerprint density at radius 1 is 1.14 bits per heavy atom. The fourth-order valence-electron chi connectivity index (χ4n) is 2.93. The highest BCUT2D eigenvalue weighted by molar-refractivity contribution is 5.44. The van der Waals surface area contributed by atoms with Gasteiger partial charge in [-0.25, -0.2) is 0 Å². The molecule has 1 N–H and O–H groups in total. The second kappa shape index (κ2) is 5.71. The number of nitrogens with one attached hydrogen (secondary N) is 1. The molecule has 0 amide bonds. The average molecular weight is 294 g/mol. The van der Waals surface area contributed by atoms with Gasteiger partial charge in [0, 0.05) is 0 Å². The summed E-state index contributed by atoms with van der Waals surface area (Å²) in [7, 11) is 0. The van der Waals surface area contributed by atoms with Gasteiger partial charge in [-0.15, -0.1) is 14.8 Å². The summed E-state index contributed by atoms with van der Waals surface area (Å²) in [6.45, 7) is 0. The van der Waals surface area contributed by atoms with Crippen LogP contribution in [-0.4, -0.2) is 25.3 Å². The zero-order valence-corrected chi connectivity index (χ0v) is 12.3. The maximum Gasteiger partial charge on any atom is 0.200 e. The third kappa shape index (κ3) is 2.64. The lowest BCUT2D eigenvalue weighted by Gasteiger charge is -2.30. The summed E-state index contributed by atoms with van der Waals surface area (Å²) >= 11 is 0. The first-order valence-corrected chi connectivity index (χ1v) is 7.75. The molecule has 1 aromatic carbocycles. The number of fused-ring (bicyclic) bond motifs is 1. The Bertz CT molecular complexity index is 749. The van der Waals surface area contributed by atoms with Crippen LogP contribution in [0.15, 0.2) is 42.5 Å². The molecule has 6 nitrogen and oxygen atoms in total. The standard InChI is InChI=1S/C16H18N6/c1-2-7-13(8-3-1)14(11-12-5-4-6-12)17-15-9-10-16-18-20-21-22(16)19-15/h1-3,7-10,12,14H,4-6,11H2,(H,17,19). The third-order valence-electron chi connectivity index (χ3n) is 4.39. The van der Waals surface area contributed by atoms with Crippen molar-refractivity contribution in [2.24, 2.45) is 5.92 Å². The third-order valence-corrected chi connectivity index (χ3v) is 4.39. The van der Waals surface area contributed by atoms with E-state index in [1.165, 1.54) is 29.5 Å². The average Bonchev–Trinajstić information content (AvgIpc) is 2.98. The Morgan fingerprint density at radius 3 is 2.77 bits per heavy atom. The van der Waals surface area contributed by atoms with Crippen molar-refractivity contribution < 1.29 is 0 Å². The Balaban J connectivity index is 1.59. The van der Waals surface area contributed by atoms with E-state index in [-0.39, 0.29) is 6.04 Å². The quantitative estimate of drug-likeness (QED) is 0.783.